The van der Waals surface area contributed by atoms with Crippen molar-refractivity contribution in [1.29, 1.82) is 5.26 Å². The zero-order valence-corrected chi connectivity index (χ0v) is 7.96. The van der Waals surface area contributed by atoms with Crippen LogP contribution < -0.4 is 11.3 Å². The van der Waals surface area contributed by atoms with Gasteiger partial charge in [0.15, 0.2) is 11.6 Å². The molecule has 6 heteroatoms. The Morgan fingerprint density at radius 3 is 2.75 bits per heavy atom. The predicted molar refractivity (Wildman–Crippen MR) is 54.2 cm³/mol. The van der Waals surface area contributed by atoms with E-state index in [-0.39, 0.29) is 22.2 Å². The fourth-order valence-corrected chi connectivity index (χ4v) is 1.45. The molecule has 1 aromatic heterocycles. The third-order valence-corrected chi connectivity index (χ3v) is 2.20. The van der Waals surface area contributed by atoms with E-state index in [1.807, 2.05) is 6.07 Å². The highest BCUT2D eigenvalue weighted by atomic mass is 19.2. The van der Waals surface area contributed by atoms with Gasteiger partial charge < -0.3 is 5.43 Å². The Kier molecular flexibility index (Phi) is 2.38. The zero-order chi connectivity index (χ0) is 11.7. The van der Waals surface area contributed by atoms with Gasteiger partial charge in [0.25, 0.3) is 0 Å². The summed E-state index contributed by atoms with van der Waals surface area (Å²) in [5, 5.41) is 9.04. The monoisotopic (exact) mass is 220 g/mol. The van der Waals surface area contributed by atoms with Crippen LogP contribution in [-0.2, 0) is 0 Å². The van der Waals surface area contributed by atoms with Crippen LogP contribution in [-0.4, -0.2) is 4.98 Å². The maximum Gasteiger partial charge on any atom is 0.185 e. The molecular formula is C10H6F2N4. The van der Waals surface area contributed by atoms with Crippen molar-refractivity contribution < 1.29 is 8.78 Å². The summed E-state index contributed by atoms with van der Waals surface area (Å²) in [5.74, 6) is 3.19. The molecule has 16 heavy (non-hydrogen) atoms. The number of hydrazine groups is 1. The van der Waals surface area contributed by atoms with Crippen LogP contribution in [0.3, 0.4) is 0 Å². The number of aromatic nitrogens is 1. The molecule has 2 rings (SSSR count). The minimum absolute atomic E-state index is 0.160. The van der Waals surface area contributed by atoms with E-state index >= 15 is 0 Å². The summed E-state index contributed by atoms with van der Waals surface area (Å²) in [6, 6.07) is 4.13. The number of pyridine rings is 1. The first-order valence-electron chi connectivity index (χ1n) is 4.32. The largest absolute Gasteiger partial charge is 0.322 e. The molecule has 0 bridgehead atoms. The Bertz CT molecular complexity index is 604. The number of nitrogens with zero attached hydrogens (tertiary/aromatic N) is 2. The van der Waals surface area contributed by atoms with E-state index < -0.39 is 11.6 Å². The number of fused-ring (bicyclic) bond motifs is 1. The topological polar surface area (TPSA) is 74.7 Å². The number of rotatable bonds is 1. The summed E-state index contributed by atoms with van der Waals surface area (Å²) >= 11 is 0. The third-order valence-electron chi connectivity index (χ3n) is 2.20. The highest BCUT2D eigenvalue weighted by Crippen LogP contribution is 2.27. The first-order valence-corrected chi connectivity index (χ1v) is 4.32. The number of hydrogen-bond acceptors (Lipinski definition) is 4. The van der Waals surface area contributed by atoms with Crippen molar-refractivity contribution in [1.82, 2.24) is 4.98 Å². The van der Waals surface area contributed by atoms with E-state index in [0.717, 1.165) is 12.3 Å². The molecule has 3 N–H and O–H groups in total. The molecule has 0 radical (unpaired) electrons. The van der Waals surface area contributed by atoms with Crippen molar-refractivity contribution in [2.45, 2.75) is 0 Å². The number of nitrogens with one attached hydrogen (secondary N) is 1. The smallest absolute Gasteiger partial charge is 0.185 e. The molecule has 0 aliphatic carbocycles. The van der Waals surface area contributed by atoms with Crippen LogP contribution in [0.15, 0.2) is 18.3 Å². The van der Waals surface area contributed by atoms with Crippen molar-refractivity contribution >= 4 is 16.6 Å². The van der Waals surface area contributed by atoms with Crippen molar-refractivity contribution in [3.8, 4) is 6.07 Å². The van der Waals surface area contributed by atoms with Crippen LogP contribution in [0.1, 0.15) is 5.56 Å². The van der Waals surface area contributed by atoms with Gasteiger partial charge >= 0.3 is 0 Å². The van der Waals surface area contributed by atoms with Crippen molar-refractivity contribution in [3.05, 3.63) is 35.5 Å². The predicted octanol–water partition coefficient (Wildman–Crippen LogP) is 1.67. The lowest BCUT2D eigenvalue weighted by Crippen LogP contribution is -2.10. The van der Waals surface area contributed by atoms with Gasteiger partial charge in [-0.1, -0.05) is 0 Å². The zero-order valence-electron chi connectivity index (χ0n) is 7.96. The highest BCUT2D eigenvalue weighted by Gasteiger charge is 2.13. The van der Waals surface area contributed by atoms with E-state index in [9.17, 15) is 8.78 Å². The van der Waals surface area contributed by atoms with Crippen molar-refractivity contribution in [2.75, 3.05) is 5.43 Å². The molecular weight excluding hydrogens is 214 g/mol. The van der Waals surface area contributed by atoms with Crippen LogP contribution >= 0.6 is 0 Å². The van der Waals surface area contributed by atoms with Gasteiger partial charge in [-0.3, -0.25) is 10.8 Å². The standard InChI is InChI=1S/C10H6F2N4/c11-7-2-1-6-9(16-14)5(3-13)4-15-10(6)8(7)12/h1-2,4H,14H2,(H,15,16). The van der Waals surface area contributed by atoms with Gasteiger partial charge in [0.1, 0.15) is 11.6 Å². The molecule has 0 aliphatic rings. The summed E-state index contributed by atoms with van der Waals surface area (Å²) in [6.45, 7) is 0. The molecule has 0 amide bonds. The number of anilines is 1. The second-order valence-electron chi connectivity index (χ2n) is 3.06. The van der Waals surface area contributed by atoms with Gasteiger partial charge in [-0.2, -0.15) is 5.26 Å². The first kappa shape index (κ1) is 10.3. The number of halogens is 2. The van der Waals surface area contributed by atoms with E-state index in [1.54, 1.807) is 0 Å². The lowest BCUT2D eigenvalue weighted by Gasteiger charge is -2.07. The van der Waals surface area contributed by atoms with E-state index in [0.29, 0.717) is 0 Å². The number of benzene rings is 1. The molecule has 80 valence electrons. The van der Waals surface area contributed by atoms with Gasteiger partial charge in [-0.15, -0.1) is 0 Å². The van der Waals surface area contributed by atoms with Crippen LogP contribution in [0, 0.1) is 23.0 Å². The Labute approximate surface area is 89.3 Å². The average Bonchev–Trinajstić information content (AvgIpc) is 2.32. The van der Waals surface area contributed by atoms with Gasteiger partial charge in [-0.25, -0.2) is 8.78 Å². The minimum atomic E-state index is -1.06. The summed E-state index contributed by atoms with van der Waals surface area (Å²) < 4.78 is 26.3. The number of nitrogens with two attached hydrogens (primary N) is 1. The van der Waals surface area contributed by atoms with Gasteiger partial charge in [-0.05, 0) is 12.1 Å². The van der Waals surface area contributed by atoms with Crippen LogP contribution in [0.5, 0.6) is 0 Å². The summed E-state index contributed by atoms with van der Waals surface area (Å²) in [4.78, 5) is 3.69. The average molecular weight is 220 g/mol. The fraction of sp³-hybridized carbons (Fsp3) is 0. The van der Waals surface area contributed by atoms with Gasteiger partial charge in [0.2, 0.25) is 0 Å². The third kappa shape index (κ3) is 1.34. The molecule has 0 atom stereocenters. The maximum atomic E-state index is 13.4. The van der Waals surface area contributed by atoms with E-state index in [4.69, 9.17) is 11.1 Å². The van der Waals surface area contributed by atoms with Gasteiger partial charge in [0.05, 0.1) is 11.3 Å². The highest BCUT2D eigenvalue weighted by molar-refractivity contribution is 5.94. The van der Waals surface area contributed by atoms with E-state index in [1.165, 1.54) is 6.07 Å². The number of nitrogen functional groups attached to an aromatic ring is 1. The van der Waals surface area contributed by atoms with Crippen LogP contribution in [0.2, 0.25) is 0 Å². The molecule has 0 spiro atoms. The SMILES string of the molecule is N#Cc1cnc2c(F)c(F)ccc2c1NN. The molecule has 1 heterocycles. The minimum Gasteiger partial charge on any atom is -0.322 e. The molecule has 0 fully saturated rings. The quantitative estimate of drug-likeness (QED) is 0.566. The van der Waals surface area contributed by atoms with Crippen LogP contribution in [0.25, 0.3) is 10.9 Å². The molecule has 2 aromatic rings. The Morgan fingerprint density at radius 1 is 1.38 bits per heavy atom. The van der Waals surface area contributed by atoms with Crippen molar-refractivity contribution in [3.63, 3.8) is 0 Å². The van der Waals surface area contributed by atoms with Gasteiger partial charge in [0, 0.05) is 11.6 Å². The molecule has 4 nitrogen and oxygen atoms in total. The number of nitriles is 1. The Balaban J connectivity index is 2.91. The molecule has 0 aliphatic heterocycles. The fourth-order valence-electron chi connectivity index (χ4n) is 1.45. The van der Waals surface area contributed by atoms with Crippen LogP contribution in [0.4, 0.5) is 14.5 Å². The summed E-state index contributed by atoms with van der Waals surface area (Å²) in [7, 11) is 0. The first-order chi connectivity index (χ1) is 7.69. The second kappa shape index (κ2) is 3.72. The molecule has 1 aromatic carbocycles. The summed E-state index contributed by atoms with van der Waals surface area (Å²) in [6.07, 6.45) is 1.14. The van der Waals surface area contributed by atoms with Crippen molar-refractivity contribution in [2.24, 2.45) is 5.84 Å². The molecule has 0 saturated heterocycles. The maximum absolute atomic E-state index is 13.4. The Hall–Kier alpha value is -2.26. The second-order valence-corrected chi connectivity index (χ2v) is 3.06. The molecule has 0 saturated carbocycles. The normalized spacial score (nSPS) is 10.1. The summed E-state index contributed by atoms with van der Waals surface area (Å²) in [5.41, 5.74) is 2.52. The molecule has 0 unspecified atom stereocenters. The Morgan fingerprint density at radius 2 is 2.12 bits per heavy atom. The lowest BCUT2D eigenvalue weighted by atomic mass is 10.1. The lowest BCUT2D eigenvalue weighted by molar-refractivity contribution is 0.515. The van der Waals surface area contributed by atoms with E-state index in [2.05, 4.69) is 10.4 Å². The number of hydrogen-bond donors (Lipinski definition) is 2.